The van der Waals surface area contributed by atoms with Crippen molar-refractivity contribution in [1.29, 1.82) is 0 Å². The lowest BCUT2D eigenvalue weighted by atomic mass is 10.2. The summed E-state index contributed by atoms with van der Waals surface area (Å²) < 4.78 is 31.9. The molecule has 1 aromatic rings. The van der Waals surface area contributed by atoms with Crippen molar-refractivity contribution < 1.29 is 18.3 Å². The molecule has 0 aliphatic rings. The van der Waals surface area contributed by atoms with Crippen LogP contribution in [0.5, 0.6) is 0 Å². The molecule has 1 aromatic carbocycles. The molecule has 0 saturated heterocycles. The van der Waals surface area contributed by atoms with Gasteiger partial charge in [0.25, 0.3) is 0 Å². The first-order chi connectivity index (χ1) is 8.93. The van der Waals surface area contributed by atoms with Gasteiger partial charge in [-0.3, -0.25) is 0 Å². The highest BCUT2D eigenvalue weighted by molar-refractivity contribution is 9.10. The number of benzene rings is 1. The van der Waals surface area contributed by atoms with Gasteiger partial charge in [-0.15, -0.1) is 0 Å². The van der Waals surface area contributed by atoms with Crippen molar-refractivity contribution in [3.05, 3.63) is 28.2 Å². The van der Waals surface area contributed by atoms with Crippen molar-refractivity contribution in [3.8, 4) is 0 Å². The fraction of sp³-hybridized carbons (Fsp3) is 0.500. The van der Waals surface area contributed by atoms with Crippen LogP contribution in [0.3, 0.4) is 0 Å². The van der Waals surface area contributed by atoms with Crippen LogP contribution in [0.15, 0.2) is 27.6 Å². The van der Waals surface area contributed by atoms with Crippen LogP contribution in [0.25, 0.3) is 0 Å². The molecule has 0 radical (unpaired) electrons. The summed E-state index contributed by atoms with van der Waals surface area (Å²) in [4.78, 5) is 0.242. The maximum absolute atomic E-state index is 12.5. The zero-order valence-electron chi connectivity index (χ0n) is 11.0. The lowest BCUT2D eigenvalue weighted by Gasteiger charge is -2.22. The van der Waals surface area contributed by atoms with E-state index in [0.717, 1.165) is 0 Å². The lowest BCUT2D eigenvalue weighted by molar-refractivity contribution is 0.168. The predicted molar refractivity (Wildman–Crippen MR) is 76.6 cm³/mol. The average Bonchev–Trinajstić information content (AvgIpc) is 2.37. The molecule has 1 N–H and O–H groups in total. The molecule has 1 rings (SSSR count). The van der Waals surface area contributed by atoms with Crippen LogP contribution >= 0.6 is 15.9 Å². The summed E-state index contributed by atoms with van der Waals surface area (Å²) in [5, 5.41) is 9.01. The molecule has 0 aliphatic carbocycles. The van der Waals surface area contributed by atoms with Crippen molar-refractivity contribution in [2.45, 2.75) is 11.8 Å². The molecule has 0 aromatic heterocycles. The normalized spacial score (nSPS) is 12.1. The summed E-state index contributed by atoms with van der Waals surface area (Å²) in [5.74, 6) is 0. The first kappa shape index (κ1) is 16.6. The van der Waals surface area contributed by atoms with Crippen LogP contribution in [0.4, 0.5) is 0 Å². The van der Waals surface area contributed by atoms with E-state index >= 15 is 0 Å². The Hall–Kier alpha value is -0.470. The second kappa shape index (κ2) is 7.35. The van der Waals surface area contributed by atoms with Crippen molar-refractivity contribution in [3.63, 3.8) is 0 Å². The van der Waals surface area contributed by atoms with E-state index < -0.39 is 10.0 Å². The van der Waals surface area contributed by atoms with E-state index in [-0.39, 0.29) is 31.2 Å². The molecule has 0 heterocycles. The Kier molecular flexibility index (Phi) is 6.41. The van der Waals surface area contributed by atoms with Gasteiger partial charge in [0.1, 0.15) is 0 Å². The van der Waals surface area contributed by atoms with E-state index in [4.69, 9.17) is 9.84 Å². The summed E-state index contributed by atoms with van der Waals surface area (Å²) in [6.07, 6.45) is 0. The van der Waals surface area contributed by atoms with Crippen LogP contribution in [0, 0.1) is 6.92 Å². The van der Waals surface area contributed by atoms with E-state index in [1.807, 2.05) is 0 Å². The Morgan fingerprint density at radius 3 is 2.63 bits per heavy atom. The Morgan fingerprint density at radius 2 is 2.05 bits per heavy atom. The molecule has 0 amide bonds. The fourth-order valence-corrected chi connectivity index (χ4v) is 3.83. The van der Waals surface area contributed by atoms with Crippen molar-refractivity contribution in [1.82, 2.24) is 4.31 Å². The highest BCUT2D eigenvalue weighted by Gasteiger charge is 2.25. The van der Waals surface area contributed by atoms with Crippen molar-refractivity contribution >= 4 is 26.0 Å². The number of hydrogen-bond acceptors (Lipinski definition) is 4. The zero-order valence-corrected chi connectivity index (χ0v) is 13.4. The molecule has 0 spiro atoms. The number of halogens is 1. The second-order valence-electron chi connectivity index (χ2n) is 4.03. The molecule has 0 bridgehead atoms. The summed E-state index contributed by atoms with van der Waals surface area (Å²) in [6.45, 7) is 2.07. The van der Waals surface area contributed by atoms with Gasteiger partial charge < -0.3 is 9.84 Å². The van der Waals surface area contributed by atoms with Crippen LogP contribution in [0.2, 0.25) is 0 Å². The largest absolute Gasteiger partial charge is 0.395 e. The SMILES string of the molecule is COCCN(CCO)S(=O)(=O)c1cc(Br)ccc1C. The van der Waals surface area contributed by atoms with E-state index in [1.165, 1.54) is 11.4 Å². The number of methoxy groups -OCH3 is 1. The van der Waals surface area contributed by atoms with Crippen LogP contribution in [0.1, 0.15) is 5.56 Å². The van der Waals surface area contributed by atoms with Gasteiger partial charge in [-0.1, -0.05) is 22.0 Å². The third kappa shape index (κ3) is 4.25. The smallest absolute Gasteiger partial charge is 0.243 e. The number of ether oxygens (including phenoxy) is 1. The van der Waals surface area contributed by atoms with Crippen molar-refractivity contribution in [2.75, 3.05) is 33.4 Å². The number of aliphatic hydroxyl groups is 1. The first-order valence-electron chi connectivity index (χ1n) is 5.79. The fourth-order valence-electron chi connectivity index (χ4n) is 1.65. The number of nitrogens with zero attached hydrogens (tertiary/aromatic N) is 1. The molecule has 0 fully saturated rings. The third-order valence-corrected chi connectivity index (χ3v) is 5.20. The standard InChI is InChI=1S/C12H18BrNO4S/c1-10-3-4-11(13)9-12(10)19(16,17)14(5-7-15)6-8-18-2/h3-4,9,15H,5-8H2,1-2H3. The third-order valence-electron chi connectivity index (χ3n) is 2.66. The Labute approximate surface area is 122 Å². The molecule has 0 atom stereocenters. The quantitative estimate of drug-likeness (QED) is 0.805. The lowest BCUT2D eigenvalue weighted by Crippen LogP contribution is -2.36. The number of aliphatic hydroxyl groups excluding tert-OH is 1. The van der Waals surface area contributed by atoms with E-state index in [9.17, 15) is 8.42 Å². The van der Waals surface area contributed by atoms with Crippen LogP contribution in [-0.2, 0) is 14.8 Å². The summed E-state index contributed by atoms with van der Waals surface area (Å²) in [7, 11) is -2.12. The highest BCUT2D eigenvalue weighted by atomic mass is 79.9. The molecule has 0 aliphatic heterocycles. The first-order valence-corrected chi connectivity index (χ1v) is 8.03. The Bertz CT molecular complexity index is 518. The van der Waals surface area contributed by atoms with Gasteiger partial charge in [0.15, 0.2) is 0 Å². The molecule has 108 valence electrons. The number of hydrogen-bond donors (Lipinski definition) is 1. The average molecular weight is 352 g/mol. The van der Waals surface area contributed by atoms with Gasteiger partial charge in [-0.05, 0) is 24.6 Å². The molecule has 7 heteroatoms. The van der Waals surface area contributed by atoms with E-state index in [0.29, 0.717) is 10.0 Å². The molecule has 5 nitrogen and oxygen atoms in total. The minimum absolute atomic E-state index is 0.0532. The van der Waals surface area contributed by atoms with Crippen molar-refractivity contribution in [2.24, 2.45) is 0 Å². The number of sulfonamides is 1. The number of rotatable bonds is 7. The minimum atomic E-state index is -3.63. The predicted octanol–water partition coefficient (Wildman–Crippen LogP) is 1.39. The molecular formula is C12H18BrNO4S. The monoisotopic (exact) mass is 351 g/mol. The van der Waals surface area contributed by atoms with Crippen LogP contribution in [-0.4, -0.2) is 51.2 Å². The number of aryl methyl sites for hydroxylation is 1. The van der Waals surface area contributed by atoms with Gasteiger partial charge in [0, 0.05) is 24.7 Å². The molecular weight excluding hydrogens is 334 g/mol. The van der Waals surface area contributed by atoms with E-state index in [2.05, 4.69) is 15.9 Å². The van der Waals surface area contributed by atoms with Gasteiger partial charge in [0.05, 0.1) is 18.1 Å². The summed E-state index contributed by atoms with van der Waals surface area (Å²) in [5.41, 5.74) is 0.670. The van der Waals surface area contributed by atoms with Crippen LogP contribution < -0.4 is 0 Å². The minimum Gasteiger partial charge on any atom is -0.395 e. The molecule has 0 unspecified atom stereocenters. The van der Waals surface area contributed by atoms with Gasteiger partial charge in [-0.25, -0.2) is 8.42 Å². The topological polar surface area (TPSA) is 66.8 Å². The Morgan fingerprint density at radius 1 is 1.37 bits per heavy atom. The highest BCUT2D eigenvalue weighted by Crippen LogP contribution is 2.23. The summed E-state index contributed by atoms with van der Waals surface area (Å²) >= 11 is 3.27. The second-order valence-corrected chi connectivity index (χ2v) is 6.85. The molecule has 0 saturated carbocycles. The molecule has 19 heavy (non-hydrogen) atoms. The van der Waals surface area contributed by atoms with Gasteiger partial charge in [-0.2, -0.15) is 4.31 Å². The van der Waals surface area contributed by atoms with E-state index in [1.54, 1.807) is 25.1 Å². The maximum Gasteiger partial charge on any atom is 0.243 e. The zero-order chi connectivity index (χ0) is 14.5. The Balaban J connectivity index is 3.14. The maximum atomic E-state index is 12.5. The summed E-state index contributed by atoms with van der Waals surface area (Å²) in [6, 6.07) is 5.10. The van der Waals surface area contributed by atoms with Gasteiger partial charge in [0.2, 0.25) is 10.0 Å². The van der Waals surface area contributed by atoms with Gasteiger partial charge >= 0.3 is 0 Å².